The third-order valence-electron chi connectivity index (χ3n) is 3.44. The molecule has 1 atom stereocenters. The minimum absolute atomic E-state index is 0.0339. The Balaban J connectivity index is 2.35. The van der Waals surface area contributed by atoms with E-state index in [0.29, 0.717) is 13.0 Å². The molecule has 6 heteroatoms. The molecule has 1 rings (SSSR count). The van der Waals surface area contributed by atoms with E-state index in [1.165, 1.54) is 7.11 Å². The first-order chi connectivity index (χ1) is 11.4. The van der Waals surface area contributed by atoms with E-state index in [1.807, 2.05) is 44.2 Å². The van der Waals surface area contributed by atoms with Crippen LogP contribution in [0.25, 0.3) is 0 Å². The minimum atomic E-state index is -0.671. The van der Waals surface area contributed by atoms with Crippen LogP contribution in [0.15, 0.2) is 30.3 Å². The van der Waals surface area contributed by atoms with Gasteiger partial charge in [-0.05, 0) is 17.9 Å². The molecule has 0 unspecified atom stereocenters. The zero-order valence-electron chi connectivity index (χ0n) is 14.5. The van der Waals surface area contributed by atoms with Gasteiger partial charge in [0.1, 0.15) is 6.04 Å². The lowest BCUT2D eigenvalue weighted by molar-refractivity contribution is -0.145. The quantitative estimate of drug-likeness (QED) is 0.674. The van der Waals surface area contributed by atoms with Crippen molar-refractivity contribution in [3.05, 3.63) is 35.9 Å². The van der Waals surface area contributed by atoms with Crippen molar-refractivity contribution in [2.24, 2.45) is 5.92 Å². The molecule has 0 aliphatic heterocycles. The van der Waals surface area contributed by atoms with E-state index in [-0.39, 0.29) is 30.6 Å². The lowest BCUT2D eigenvalue weighted by Crippen LogP contribution is -2.42. The van der Waals surface area contributed by atoms with Gasteiger partial charge in [-0.3, -0.25) is 9.59 Å². The smallest absolute Gasteiger partial charge is 0.328 e. The number of carbonyl (C=O) groups is 3. The van der Waals surface area contributed by atoms with Crippen LogP contribution < -0.4 is 10.6 Å². The molecular formula is C18H26N2O4. The fraction of sp³-hybridized carbons (Fsp3) is 0.500. The summed E-state index contributed by atoms with van der Waals surface area (Å²) in [5.74, 6) is -0.762. The highest BCUT2D eigenvalue weighted by atomic mass is 16.5. The highest BCUT2D eigenvalue weighted by Crippen LogP contribution is 2.07. The molecule has 0 heterocycles. The third-order valence-corrected chi connectivity index (χ3v) is 3.44. The van der Waals surface area contributed by atoms with Crippen molar-refractivity contribution in [2.45, 2.75) is 45.7 Å². The molecule has 132 valence electrons. The van der Waals surface area contributed by atoms with Gasteiger partial charge in [0.25, 0.3) is 0 Å². The Labute approximate surface area is 143 Å². The Morgan fingerprint density at radius 3 is 2.25 bits per heavy atom. The maximum atomic E-state index is 11.9. The second-order valence-corrected chi connectivity index (χ2v) is 6.04. The van der Waals surface area contributed by atoms with Crippen molar-refractivity contribution in [3.8, 4) is 0 Å². The van der Waals surface area contributed by atoms with Gasteiger partial charge in [-0.15, -0.1) is 0 Å². The standard InChI is InChI=1S/C18H26N2O4/c1-13(2)11-15(18(23)24-3)20-17(22)10-9-16(21)19-12-14-7-5-4-6-8-14/h4-8,13,15H,9-12H2,1-3H3,(H,19,21)(H,20,22)/t15-/m1/s1. The Morgan fingerprint density at radius 2 is 1.67 bits per heavy atom. The molecule has 2 N–H and O–H groups in total. The van der Waals surface area contributed by atoms with E-state index in [2.05, 4.69) is 10.6 Å². The van der Waals surface area contributed by atoms with Crippen molar-refractivity contribution >= 4 is 17.8 Å². The fourth-order valence-corrected chi connectivity index (χ4v) is 2.21. The van der Waals surface area contributed by atoms with Crippen LogP contribution in [0.2, 0.25) is 0 Å². The largest absolute Gasteiger partial charge is 0.467 e. The third kappa shape index (κ3) is 7.76. The zero-order valence-corrected chi connectivity index (χ0v) is 14.5. The average molecular weight is 334 g/mol. The van der Waals surface area contributed by atoms with Gasteiger partial charge in [-0.1, -0.05) is 44.2 Å². The molecule has 2 amide bonds. The molecule has 0 saturated heterocycles. The molecule has 0 spiro atoms. The number of nitrogens with one attached hydrogen (secondary N) is 2. The minimum Gasteiger partial charge on any atom is -0.467 e. The van der Waals surface area contributed by atoms with Crippen molar-refractivity contribution in [3.63, 3.8) is 0 Å². The zero-order chi connectivity index (χ0) is 17.9. The predicted octanol–water partition coefficient (Wildman–Crippen LogP) is 1.79. The summed E-state index contributed by atoms with van der Waals surface area (Å²) in [6.07, 6.45) is 0.610. The summed E-state index contributed by atoms with van der Waals surface area (Å²) in [5.41, 5.74) is 0.998. The normalized spacial score (nSPS) is 11.7. The second kappa shape index (κ2) is 10.4. The summed E-state index contributed by atoms with van der Waals surface area (Å²) in [7, 11) is 1.29. The van der Waals surface area contributed by atoms with Crippen LogP contribution in [0, 0.1) is 5.92 Å². The number of hydrogen-bond acceptors (Lipinski definition) is 4. The van der Waals surface area contributed by atoms with Gasteiger partial charge >= 0.3 is 5.97 Å². The fourth-order valence-electron chi connectivity index (χ4n) is 2.21. The van der Waals surface area contributed by atoms with E-state index in [9.17, 15) is 14.4 Å². The lowest BCUT2D eigenvalue weighted by atomic mass is 10.0. The number of benzene rings is 1. The Kier molecular flexibility index (Phi) is 8.54. The molecule has 0 saturated carbocycles. The van der Waals surface area contributed by atoms with Crippen molar-refractivity contribution in [1.29, 1.82) is 0 Å². The van der Waals surface area contributed by atoms with E-state index < -0.39 is 12.0 Å². The summed E-state index contributed by atoms with van der Waals surface area (Å²) in [4.78, 5) is 35.4. The summed E-state index contributed by atoms with van der Waals surface area (Å²) in [6.45, 7) is 4.34. The summed E-state index contributed by atoms with van der Waals surface area (Å²) in [6, 6.07) is 8.87. The van der Waals surface area contributed by atoms with Gasteiger partial charge in [0, 0.05) is 19.4 Å². The molecule has 6 nitrogen and oxygen atoms in total. The maximum absolute atomic E-state index is 11.9. The number of methoxy groups -OCH3 is 1. The first-order valence-corrected chi connectivity index (χ1v) is 8.10. The monoisotopic (exact) mass is 334 g/mol. The Hall–Kier alpha value is -2.37. The second-order valence-electron chi connectivity index (χ2n) is 6.04. The SMILES string of the molecule is COC(=O)[C@@H](CC(C)C)NC(=O)CCC(=O)NCc1ccccc1. The summed E-state index contributed by atoms with van der Waals surface area (Å²) in [5, 5.41) is 5.40. The van der Waals surface area contributed by atoms with Crippen molar-refractivity contribution < 1.29 is 19.1 Å². The van der Waals surface area contributed by atoms with E-state index >= 15 is 0 Å². The molecule has 1 aromatic rings. The summed E-state index contributed by atoms with van der Waals surface area (Å²) >= 11 is 0. The number of carbonyl (C=O) groups excluding carboxylic acids is 3. The first kappa shape index (κ1) is 19.7. The molecule has 0 fully saturated rings. The molecule has 0 aliphatic rings. The van der Waals surface area contributed by atoms with Gasteiger partial charge in [-0.25, -0.2) is 4.79 Å². The molecular weight excluding hydrogens is 308 g/mol. The van der Waals surface area contributed by atoms with Gasteiger partial charge in [0.2, 0.25) is 11.8 Å². The topological polar surface area (TPSA) is 84.5 Å². The van der Waals surface area contributed by atoms with Gasteiger partial charge in [-0.2, -0.15) is 0 Å². The Bertz CT molecular complexity index is 543. The number of ether oxygens (including phenoxy) is 1. The van der Waals surface area contributed by atoms with Crippen LogP contribution in [-0.2, 0) is 25.7 Å². The highest BCUT2D eigenvalue weighted by Gasteiger charge is 2.22. The summed E-state index contributed by atoms with van der Waals surface area (Å²) < 4.78 is 4.69. The van der Waals surface area contributed by atoms with Crippen LogP contribution in [0.3, 0.4) is 0 Å². The number of esters is 1. The van der Waals surface area contributed by atoms with Gasteiger partial charge in [0.15, 0.2) is 0 Å². The van der Waals surface area contributed by atoms with Crippen LogP contribution in [0.4, 0.5) is 0 Å². The van der Waals surface area contributed by atoms with Crippen LogP contribution in [0.5, 0.6) is 0 Å². The number of amides is 2. The van der Waals surface area contributed by atoms with Crippen LogP contribution in [-0.4, -0.2) is 30.9 Å². The number of rotatable bonds is 9. The molecule has 0 bridgehead atoms. The van der Waals surface area contributed by atoms with Crippen molar-refractivity contribution in [2.75, 3.05) is 7.11 Å². The lowest BCUT2D eigenvalue weighted by Gasteiger charge is -2.18. The maximum Gasteiger partial charge on any atom is 0.328 e. The Morgan fingerprint density at radius 1 is 1.04 bits per heavy atom. The van der Waals surface area contributed by atoms with E-state index in [1.54, 1.807) is 0 Å². The highest BCUT2D eigenvalue weighted by molar-refractivity contribution is 5.87. The molecule has 0 aromatic heterocycles. The average Bonchev–Trinajstić information content (AvgIpc) is 2.57. The van der Waals surface area contributed by atoms with Gasteiger partial charge < -0.3 is 15.4 Å². The van der Waals surface area contributed by atoms with Crippen LogP contribution >= 0.6 is 0 Å². The van der Waals surface area contributed by atoms with Gasteiger partial charge in [0.05, 0.1) is 7.11 Å². The van der Waals surface area contributed by atoms with Crippen LogP contribution in [0.1, 0.15) is 38.7 Å². The van der Waals surface area contributed by atoms with Crippen molar-refractivity contribution in [1.82, 2.24) is 10.6 Å². The molecule has 1 aromatic carbocycles. The number of hydrogen-bond donors (Lipinski definition) is 2. The molecule has 0 aliphatic carbocycles. The van der Waals surface area contributed by atoms with E-state index in [0.717, 1.165) is 5.56 Å². The predicted molar refractivity (Wildman–Crippen MR) is 90.9 cm³/mol. The molecule has 0 radical (unpaired) electrons. The van der Waals surface area contributed by atoms with E-state index in [4.69, 9.17) is 4.74 Å². The molecule has 24 heavy (non-hydrogen) atoms. The first-order valence-electron chi connectivity index (χ1n) is 8.10.